The molecule has 20 heavy (non-hydrogen) atoms. The molecule has 6 heteroatoms. The first-order valence-electron chi connectivity index (χ1n) is 6.05. The van der Waals surface area contributed by atoms with Crippen molar-refractivity contribution in [1.82, 2.24) is 5.16 Å². The number of hydrogen-bond donors (Lipinski definition) is 1. The molecular formula is C14H15NO4S. The lowest BCUT2D eigenvalue weighted by atomic mass is 10.1. The largest absolute Gasteiger partial charge is 0.476 e. The summed E-state index contributed by atoms with van der Waals surface area (Å²) in [6.45, 7) is 3.99. The smallest absolute Gasteiger partial charge is 0.358 e. The standard InChI is InChI=1S/C14H15NO4S/c1-9-3-10(2)5-11(4-9)7-20(18)8-12-6-13(14(16)17)15-19-12/h3-6H,7-8H2,1-2H3,(H,16,17). The molecule has 0 aliphatic heterocycles. The molecule has 0 aliphatic carbocycles. The van der Waals surface area contributed by atoms with Crippen LogP contribution >= 0.6 is 0 Å². The Hall–Kier alpha value is -1.95. The van der Waals surface area contributed by atoms with Gasteiger partial charge in [0.15, 0.2) is 5.69 Å². The van der Waals surface area contributed by atoms with Crippen molar-refractivity contribution in [1.29, 1.82) is 0 Å². The maximum Gasteiger partial charge on any atom is 0.358 e. The monoisotopic (exact) mass is 293 g/mol. The van der Waals surface area contributed by atoms with Gasteiger partial charge in [0.1, 0.15) is 5.76 Å². The van der Waals surface area contributed by atoms with Gasteiger partial charge in [0.05, 0.1) is 5.75 Å². The van der Waals surface area contributed by atoms with Crippen molar-refractivity contribution in [2.45, 2.75) is 25.4 Å². The summed E-state index contributed by atoms with van der Waals surface area (Å²) >= 11 is 0. The summed E-state index contributed by atoms with van der Waals surface area (Å²) in [6.07, 6.45) is 0. The summed E-state index contributed by atoms with van der Waals surface area (Å²) < 4.78 is 16.9. The molecule has 1 N–H and O–H groups in total. The topological polar surface area (TPSA) is 80.4 Å². The first-order valence-corrected chi connectivity index (χ1v) is 7.54. The third kappa shape index (κ3) is 3.77. The summed E-state index contributed by atoms with van der Waals surface area (Å²) in [5.41, 5.74) is 3.09. The number of benzene rings is 1. The Bertz CT molecular complexity index is 643. The second-order valence-electron chi connectivity index (χ2n) is 4.71. The average Bonchev–Trinajstić information content (AvgIpc) is 2.75. The zero-order valence-corrected chi connectivity index (χ0v) is 12.1. The van der Waals surface area contributed by atoms with Gasteiger partial charge >= 0.3 is 5.97 Å². The summed E-state index contributed by atoms with van der Waals surface area (Å²) in [4.78, 5) is 10.7. The molecule has 0 radical (unpaired) electrons. The van der Waals surface area contributed by atoms with Crippen molar-refractivity contribution >= 4 is 16.8 Å². The van der Waals surface area contributed by atoms with Gasteiger partial charge in [0, 0.05) is 22.6 Å². The molecule has 1 heterocycles. The van der Waals surface area contributed by atoms with E-state index in [-0.39, 0.29) is 11.4 Å². The highest BCUT2D eigenvalue weighted by molar-refractivity contribution is 7.83. The van der Waals surface area contributed by atoms with Crippen molar-refractivity contribution in [2.75, 3.05) is 0 Å². The molecule has 1 aromatic heterocycles. The van der Waals surface area contributed by atoms with Crippen LogP contribution in [0.25, 0.3) is 0 Å². The van der Waals surface area contributed by atoms with E-state index in [4.69, 9.17) is 9.63 Å². The molecule has 1 atom stereocenters. The summed E-state index contributed by atoms with van der Waals surface area (Å²) in [7, 11) is -1.17. The van der Waals surface area contributed by atoms with Crippen molar-refractivity contribution in [2.24, 2.45) is 0 Å². The molecule has 1 aromatic carbocycles. The van der Waals surface area contributed by atoms with Gasteiger partial charge < -0.3 is 9.63 Å². The van der Waals surface area contributed by atoms with Crippen LogP contribution in [0.5, 0.6) is 0 Å². The van der Waals surface area contributed by atoms with Gasteiger partial charge in [-0.1, -0.05) is 34.5 Å². The Morgan fingerprint density at radius 3 is 2.40 bits per heavy atom. The highest BCUT2D eigenvalue weighted by Crippen LogP contribution is 2.14. The van der Waals surface area contributed by atoms with Gasteiger partial charge in [-0.3, -0.25) is 4.21 Å². The summed E-state index contributed by atoms with van der Waals surface area (Å²) in [5.74, 6) is -0.260. The first-order chi connectivity index (χ1) is 9.44. The van der Waals surface area contributed by atoms with E-state index in [9.17, 15) is 9.00 Å². The van der Waals surface area contributed by atoms with Crippen LogP contribution in [-0.2, 0) is 22.3 Å². The van der Waals surface area contributed by atoms with E-state index in [1.54, 1.807) is 0 Å². The van der Waals surface area contributed by atoms with Crippen molar-refractivity contribution in [3.8, 4) is 0 Å². The average molecular weight is 293 g/mol. The number of carboxylic acid groups (broad SMARTS) is 1. The lowest BCUT2D eigenvalue weighted by Gasteiger charge is -2.04. The number of carboxylic acids is 1. The molecule has 1 unspecified atom stereocenters. The number of hydrogen-bond acceptors (Lipinski definition) is 4. The fourth-order valence-corrected chi connectivity index (χ4v) is 3.12. The van der Waals surface area contributed by atoms with Gasteiger partial charge in [-0.25, -0.2) is 4.79 Å². The van der Waals surface area contributed by atoms with Gasteiger partial charge in [-0.05, 0) is 19.4 Å². The number of aromatic nitrogens is 1. The van der Waals surface area contributed by atoms with Crippen LogP contribution in [0, 0.1) is 13.8 Å². The van der Waals surface area contributed by atoms with Crippen LogP contribution in [0.15, 0.2) is 28.8 Å². The number of rotatable bonds is 5. The van der Waals surface area contributed by atoms with Crippen LogP contribution in [-0.4, -0.2) is 20.4 Å². The van der Waals surface area contributed by atoms with Crippen molar-refractivity contribution in [3.05, 3.63) is 52.4 Å². The summed E-state index contributed by atoms with van der Waals surface area (Å²) in [5, 5.41) is 12.1. The SMILES string of the molecule is Cc1cc(C)cc(CS(=O)Cc2cc(C(=O)O)no2)c1. The quantitative estimate of drug-likeness (QED) is 0.915. The van der Waals surface area contributed by atoms with Crippen molar-refractivity contribution in [3.63, 3.8) is 0 Å². The maximum absolute atomic E-state index is 12.1. The van der Waals surface area contributed by atoms with Crippen LogP contribution in [0.2, 0.25) is 0 Å². The third-order valence-electron chi connectivity index (χ3n) is 2.69. The predicted octanol–water partition coefficient (Wildman–Crippen LogP) is 2.44. The Balaban J connectivity index is 2.03. The Kier molecular flexibility index (Phi) is 4.34. The highest BCUT2D eigenvalue weighted by atomic mass is 32.2. The molecule has 0 amide bonds. The Labute approximate surface area is 119 Å². The number of aryl methyl sites for hydroxylation is 2. The maximum atomic E-state index is 12.1. The molecule has 2 aromatic rings. The minimum absolute atomic E-state index is 0.160. The Morgan fingerprint density at radius 2 is 1.85 bits per heavy atom. The van der Waals surface area contributed by atoms with E-state index in [1.807, 2.05) is 26.0 Å². The van der Waals surface area contributed by atoms with Crippen LogP contribution in [0.4, 0.5) is 0 Å². The lowest BCUT2D eigenvalue weighted by Crippen LogP contribution is -2.00. The van der Waals surface area contributed by atoms with Crippen LogP contribution in [0.1, 0.15) is 32.9 Å². The predicted molar refractivity (Wildman–Crippen MR) is 74.9 cm³/mol. The van der Waals surface area contributed by atoms with Crippen LogP contribution in [0.3, 0.4) is 0 Å². The molecule has 0 saturated carbocycles. The second kappa shape index (κ2) is 6.00. The van der Waals surface area contributed by atoms with Gasteiger partial charge in [-0.2, -0.15) is 0 Å². The molecule has 106 valence electrons. The first kappa shape index (κ1) is 14.5. The minimum Gasteiger partial charge on any atom is -0.476 e. The van der Waals surface area contributed by atoms with E-state index in [0.29, 0.717) is 11.5 Å². The van der Waals surface area contributed by atoms with Gasteiger partial charge in [-0.15, -0.1) is 0 Å². The number of aromatic carboxylic acids is 1. The molecule has 0 bridgehead atoms. The van der Waals surface area contributed by atoms with Gasteiger partial charge in [0.25, 0.3) is 0 Å². The summed E-state index contributed by atoms with van der Waals surface area (Å²) in [6, 6.07) is 7.35. The van der Waals surface area contributed by atoms with E-state index in [2.05, 4.69) is 11.2 Å². The van der Waals surface area contributed by atoms with Crippen LogP contribution < -0.4 is 0 Å². The lowest BCUT2D eigenvalue weighted by molar-refractivity contribution is 0.0685. The van der Waals surface area contributed by atoms with E-state index >= 15 is 0 Å². The molecular weight excluding hydrogens is 278 g/mol. The fourth-order valence-electron chi connectivity index (χ4n) is 2.03. The normalized spacial score (nSPS) is 12.3. The number of nitrogens with zero attached hydrogens (tertiary/aromatic N) is 1. The fraction of sp³-hybridized carbons (Fsp3) is 0.286. The zero-order valence-electron chi connectivity index (χ0n) is 11.3. The molecule has 0 saturated heterocycles. The second-order valence-corrected chi connectivity index (χ2v) is 6.17. The minimum atomic E-state index is -1.17. The van der Waals surface area contributed by atoms with Gasteiger partial charge in [0.2, 0.25) is 0 Å². The number of carbonyl (C=O) groups is 1. The molecule has 2 rings (SSSR count). The van der Waals surface area contributed by atoms with E-state index in [1.165, 1.54) is 6.07 Å². The zero-order chi connectivity index (χ0) is 14.7. The molecule has 0 fully saturated rings. The highest BCUT2D eigenvalue weighted by Gasteiger charge is 2.13. The molecule has 5 nitrogen and oxygen atoms in total. The van der Waals surface area contributed by atoms with E-state index < -0.39 is 16.8 Å². The molecule has 0 aliphatic rings. The Morgan fingerprint density at radius 1 is 1.20 bits per heavy atom. The van der Waals surface area contributed by atoms with E-state index in [0.717, 1.165) is 16.7 Å². The molecule has 0 spiro atoms. The third-order valence-corrected chi connectivity index (χ3v) is 3.95. The van der Waals surface area contributed by atoms with Crippen molar-refractivity contribution < 1.29 is 18.6 Å².